The van der Waals surface area contributed by atoms with Gasteiger partial charge in [-0.15, -0.1) is 0 Å². The minimum atomic E-state index is 0.824. The van der Waals surface area contributed by atoms with E-state index in [9.17, 15) is 0 Å². The normalized spacial score (nSPS) is 42.4. The lowest BCUT2D eigenvalue weighted by atomic mass is 9.54. The van der Waals surface area contributed by atoms with Crippen LogP contribution in [0.5, 0.6) is 0 Å². The highest BCUT2D eigenvalue weighted by Crippen LogP contribution is 2.56. The molecule has 0 unspecified atom stereocenters. The SMILES string of the molecule is CCC1CC2(CCC(CNC)CC2)C1. The summed E-state index contributed by atoms with van der Waals surface area (Å²) in [6, 6.07) is 0. The lowest BCUT2D eigenvalue weighted by Gasteiger charge is -2.51. The molecule has 0 amide bonds. The Morgan fingerprint density at radius 3 is 2.29 bits per heavy atom. The van der Waals surface area contributed by atoms with E-state index in [4.69, 9.17) is 0 Å². The summed E-state index contributed by atoms with van der Waals surface area (Å²) in [4.78, 5) is 0. The first-order valence-electron chi connectivity index (χ1n) is 6.42. The second-order valence-electron chi connectivity index (χ2n) is 5.68. The molecule has 0 bridgehead atoms. The van der Waals surface area contributed by atoms with E-state index in [1.165, 1.54) is 38.6 Å². The van der Waals surface area contributed by atoms with Crippen LogP contribution in [-0.4, -0.2) is 13.6 Å². The molecule has 1 heteroatoms. The Morgan fingerprint density at radius 2 is 1.79 bits per heavy atom. The first-order chi connectivity index (χ1) is 6.78. The summed E-state index contributed by atoms with van der Waals surface area (Å²) in [5.41, 5.74) is 0.824. The van der Waals surface area contributed by atoms with Gasteiger partial charge in [0.25, 0.3) is 0 Å². The van der Waals surface area contributed by atoms with Crippen molar-refractivity contribution >= 4 is 0 Å². The van der Waals surface area contributed by atoms with Crippen LogP contribution in [0.3, 0.4) is 0 Å². The highest BCUT2D eigenvalue weighted by Gasteiger charge is 2.44. The molecule has 1 spiro atoms. The van der Waals surface area contributed by atoms with E-state index in [0.29, 0.717) is 0 Å². The Labute approximate surface area is 88.7 Å². The Balaban J connectivity index is 1.74. The van der Waals surface area contributed by atoms with Crippen LogP contribution in [0.2, 0.25) is 0 Å². The quantitative estimate of drug-likeness (QED) is 0.729. The van der Waals surface area contributed by atoms with Crippen LogP contribution in [0, 0.1) is 17.3 Å². The number of hydrogen-bond donors (Lipinski definition) is 1. The van der Waals surface area contributed by atoms with Crippen molar-refractivity contribution in [2.75, 3.05) is 13.6 Å². The summed E-state index contributed by atoms with van der Waals surface area (Å²) in [7, 11) is 2.08. The highest BCUT2D eigenvalue weighted by molar-refractivity contribution is 4.96. The van der Waals surface area contributed by atoms with E-state index in [2.05, 4.69) is 19.3 Å². The fourth-order valence-electron chi connectivity index (χ4n) is 3.64. The van der Waals surface area contributed by atoms with E-state index < -0.39 is 0 Å². The molecule has 0 radical (unpaired) electrons. The maximum absolute atomic E-state index is 3.32. The molecule has 0 aliphatic heterocycles. The number of hydrogen-bond acceptors (Lipinski definition) is 1. The molecule has 14 heavy (non-hydrogen) atoms. The summed E-state index contributed by atoms with van der Waals surface area (Å²) in [6.45, 7) is 3.59. The van der Waals surface area contributed by atoms with Crippen molar-refractivity contribution in [1.29, 1.82) is 0 Å². The van der Waals surface area contributed by atoms with Crippen molar-refractivity contribution < 1.29 is 0 Å². The zero-order valence-electron chi connectivity index (χ0n) is 9.81. The van der Waals surface area contributed by atoms with Crippen LogP contribution >= 0.6 is 0 Å². The topological polar surface area (TPSA) is 12.0 Å². The lowest BCUT2D eigenvalue weighted by Crippen LogP contribution is -2.41. The third-order valence-corrected chi connectivity index (χ3v) is 4.68. The fourth-order valence-corrected chi connectivity index (χ4v) is 3.64. The molecular formula is C13H25N. The Kier molecular flexibility index (Phi) is 3.16. The van der Waals surface area contributed by atoms with Gasteiger partial charge in [-0.1, -0.05) is 13.3 Å². The molecule has 0 aromatic heterocycles. The van der Waals surface area contributed by atoms with Crippen LogP contribution in [0.25, 0.3) is 0 Å². The summed E-state index contributed by atoms with van der Waals surface area (Å²) in [5, 5.41) is 3.32. The van der Waals surface area contributed by atoms with Crippen LogP contribution < -0.4 is 5.32 Å². The first kappa shape index (κ1) is 10.5. The predicted octanol–water partition coefficient (Wildman–Crippen LogP) is 3.20. The molecular weight excluding hydrogens is 170 g/mol. The van der Waals surface area contributed by atoms with Gasteiger partial charge in [-0.3, -0.25) is 0 Å². The molecule has 2 aliphatic rings. The van der Waals surface area contributed by atoms with Crippen LogP contribution in [0.4, 0.5) is 0 Å². The van der Waals surface area contributed by atoms with Gasteiger partial charge in [-0.05, 0) is 69.4 Å². The Morgan fingerprint density at radius 1 is 1.14 bits per heavy atom. The van der Waals surface area contributed by atoms with Crippen molar-refractivity contribution in [3.05, 3.63) is 0 Å². The molecule has 0 saturated heterocycles. The van der Waals surface area contributed by atoms with Gasteiger partial charge in [0.15, 0.2) is 0 Å². The third-order valence-electron chi connectivity index (χ3n) is 4.68. The second kappa shape index (κ2) is 4.22. The van der Waals surface area contributed by atoms with Gasteiger partial charge in [0.1, 0.15) is 0 Å². The van der Waals surface area contributed by atoms with Gasteiger partial charge in [0.2, 0.25) is 0 Å². The molecule has 82 valence electrons. The molecule has 0 aromatic rings. The van der Waals surface area contributed by atoms with E-state index in [0.717, 1.165) is 17.3 Å². The predicted molar refractivity (Wildman–Crippen MR) is 61.3 cm³/mol. The van der Waals surface area contributed by atoms with E-state index >= 15 is 0 Å². The maximum Gasteiger partial charge on any atom is -0.00235 e. The molecule has 0 atom stereocenters. The Bertz CT molecular complexity index is 172. The zero-order chi connectivity index (χ0) is 10.0. The Hall–Kier alpha value is -0.0400. The van der Waals surface area contributed by atoms with Crippen LogP contribution in [0.1, 0.15) is 51.9 Å². The average Bonchev–Trinajstić information content (AvgIpc) is 2.16. The molecule has 0 aromatic carbocycles. The van der Waals surface area contributed by atoms with E-state index in [1.54, 1.807) is 12.8 Å². The van der Waals surface area contributed by atoms with Gasteiger partial charge in [0, 0.05) is 0 Å². The lowest BCUT2D eigenvalue weighted by molar-refractivity contribution is -0.000817. The van der Waals surface area contributed by atoms with Gasteiger partial charge in [-0.2, -0.15) is 0 Å². The molecule has 2 rings (SSSR count). The van der Waals surface area contributed by atoms with Gasteiger partial charge in [0.05, 0.1) is 0 Å². The summed E-state index contributed by atoms with van der Waals surface area (Å²) >= 11 is 0. The third kappa shape index (κ3) is 1.98. The maximum atomic E-state index is 3.32. The fraction of sp³-hybridized carbons (Fsp3) is 1.00. The van der Waals surface area contributed by atoms with Gasteiger partial charge in [-0.25, -0.2) is 0 Å². The zero-order valence-corrected chi connectivity index (χ0v) is 9.81. The summed E-state index contributed by atoms with van der Waals surface area (Å²) in [5.74, 6) is 2.06. The molecule has 2 fully saturated rings. The molecule has 0 heterocycles. The molecule has 1 nitrogen and oxygen atoms in total. The van der Waals surface area contributed by atoms with Gasteiger partial charge < -0.3 is 5.32 Å². The van der Waals surface area contributed by atoms with Crippen LogP contribution in [-0.2, 0) is 0 Å². The second-order valence-corrected chi connectivity index (χ2v) is 5.68. The minimum Gasteiger partial charge on any atom is -0.319 e. The van der Waals surface area contributed by atoms with Crippen molar-refractivity contribution in [2.45, 2.75) is 51.9 Å². The summed E-state index contributed by atoms with van der Waals surface area (Å²) in [6.07, 6.45) is 10.5. The number of nitrogens with one attached hydrogen (secondary N) is 1. The monoisotopic (exact) mass is 195 g/mol. The largest absolute Gasteiger partial charge is 0.319 e. The van der Waals surface area contributed by atoms with E-state index in [-0.39, 0.29) is 0 Å². The minimum absolute atomic E-state index is 0.824. The van der Waals surface area contributed by atoms with Crippen molar-refractivity contribution in [1.82, 2.24) is 5.32 Å². The molecule has 2 aliphatic carbocycles. The standard InChI is InChI=1S/C13H25N/c1-3-11-8-13(9-11)6-4-12(5-7-13)10-14-2/h11-12,14H,3-10H2,1-2H3. The smallest absolute Gasteiger partial charge is 0.00235 e. The average molecular weight is 195 g/mol. The van der Waals surface area contributed by atoms with Crippen molar-refractivity contribution in [2.24, 2.45) is 17.3 Å². The highest BCUT2D eigenvalue weighted by atomic mass is 14.8. The van der Waals surface area contributed by atoms with Crippen LogP contribution in [0.15, 0.2) is 0 Å². The first-order valence-corrected chi connectivity index (χ1v) is 6.42. The molecule has 2 saturated carbocycles. The number of rotatable bonds is 3. The van der Waals surface area contributed by atoms with Crippen molar-refractivity contribution in [3.8, 4) is 0 Å². The van der Waals surface area contributed by atoms with E-state index in [1.807, 2.05) is 0 Å². The summed E-state index contributed by atoms with van der Waals surface area (Å²) < 4.78 is 0. The molecule has 1 N–H and O–H groups in total. The van der Waals surface area contributed by atoms with Crippen molar-refractivity contribution in [3.63, 3.8) is 0 Å². The van der Waals surface area contributed by atoms with Gasteiger partial charge >= 0.3 is 0 Å².